The molecule has 1 aliphatic heterocycles. The van der Waals surface area contributed by atoms with Gasteiger partial charge in [0.25, 0.3) is 5.91 Å². The van der Waals surface area contributed by atoms with Crippen LogP contribution in [-0.4, -0.2) is 39.5 Å². The van der Waals surface area contributed by atoms with Crippen LogP contribution in [0.25, 0.3) is 0 Å². The van der Waals surface area contributed by atoms with Crippen LogP contribution in [0.15, 0.2) is 41.3 Å². The number of amides is 1. The zero-order valence-electron chi connectivity index (χ0n) is 17.8. The van der Waals surface area contributed by atoms with E-state index in [4.69, 9.17) is 4.74 Å². The van der Waals surface area contributed by atoms with Crippen LogP contribution in [0.5, 0.6) is 0 Å². The highest BCUT2D eigenvalue weighted by molar-refractivity contribution is 7.89. The van der Waals surface area contributed by atoms with E-state index in [1.54, 1.807) is 56.9 Å². The quantitative estimate of drug-likeness (QED) is 0.753. The second-order valence-corrected chi connectivity index (χ2v) is 10.1. The summed E-state index contributed by atoms with van der Waals surface area (Å²) in [5.74, 6) is -0.701. The number of sulfonamides is 1. The minimum absolute atomic E-state index is 0.0480. The number of carbonyl (C=O) groups excluding carboxylic acids is 2. The molecule has 0 saturated carbocycles. The van der Waals surface area contributed by atoms with E-state index in [1.165, 1.54) is 19.2 Å². The van der Waals surface area contributed by atoms with E-state index in [1.807, 2.05) is 0 Å². The molecule has 0 atom stereocenters. The van der Waals surface area contributed by atoms with Crippen LogP contribution in [0.1, 0.15) is 52.6 Å². The fourth-order valence-corrected chi connectivity index (χ4v) is 4.91. The van der Waals surface area contributed by atoms with E-state index < -0.39 is 21.5 Å². The third-order valence-electron chi connectivity index (χ3n) is 4.83. The van der Waals surface area contributed by atoms with Gasteiger partial charge in [-0.25, -0.2) is 17.9 Å². The molecule has 0 aromatic heterocycles. The molecule has 1 N–H and O–H groups in total. The first kappa shape index (κ1) is 22.0. The summed E-state index contributed by atoms with van der Waals surface area (Å²) < 4.78 is 32.8. The number of hydrogen-bond acceptors (Lipinski definition) is 5. The maximum Gasteiger partial charge on any atom is 0.337 e. The molecule has 30 heavy (non-hydrogen) atoms. The zero-order valence-corrected chi connectivity index (χ0v) is 18.6. The molecule has 0 saturated heterocycles. The molecular formula is C22H26N2O5S. The van der Waals surface area contributed by atoms with Crippen LogP contribution < -0.4 is 9.62 Å². The highest BCUT2D eigenvalue weighted by Gasteiger charge is 2.29. The number of nitrogens with one attached hydrogen (secondary N) is 1. The van der Waals surface area contributed by atoms with Gasteiger partial charge in [-0.05, 0) is 75.6 Å². The Kier molecular flexibility index (Phi) is 5.75. The maximum atomic E-state index is 13.3. The fraction of sp³-hybridized carbons (Fsp3) is 0.364. The number of anilines is 1. The van der Waals surface area contributed by atoms with Crippen molar-refractivity contribution in [3.05, 3.63) is 58.7 Å². The highest BCUT2D eigenvalue weighted by Crippen LogP contribution is 2.31. The van der Waals surface area contributed by atoms with Gasteiger partial charge in [0.05, 0.1) is 17.6 Å². The number of aryl methyl sites for hydroxylation is 1. The Hall–Kier alpha value is -2.71. The molecule has 1 aliphatic rings. The van der Waals surface area contributed by atoms with E-state index in [-0.39, 0.29) is 10.8 Å². The van der Waals surface area contributed by atoms with Crippen LogP contribution in [0.3, 0.4) is 0 Å². The lowest BCUT2D eigenvalue weighted by Gasteiger charge is -2.22. The summed E-state index contributed by atoms with van der Waals surface area (Å²) in [5.41, 5.74) is 2.41. The lowest BCUT2D eigenvalue weighted by molar-refractivity contribution is 0.0600. The summed E-state index contributed by atoms with van der Waals surface area (Å²) in [6.07, 6.45) is 0.606. The molecule has 160 valence electrons. The Morgan fingerprint density at radius 3 is 2.43 bits per heavy atom. The number of ether oxygens (including phenoxy) is 1. The molecule has 0 bridgehead atoms. The summed E-state index contributed by atoms with van der Waals surface area (Å²) in [4.78, 5) is 26.7. The second-order valence-electron chi connectivity index (χ2n) is 8.37. The molecule has 1 amide bonds. The van der Waals surface area contributed by atoms with E-state index in [2.05, 4.69) is 4.72 Å². The maximum absolute atomic E-state index is 13.3. The molecule has 2 aromatic rings. The fourth-order valence-electron chi connectivity index (χ4n) is 3.46. The minimum atomic E-state index is -3.77. The Morgan fingerprint density at radius 1 is 1.10 bits per heavy atom. The molecule has 1 heterocycles. The Bertz CT molecular complexity index is 1120. The summed E-state index contributed by atoms with van der Waals surface area (Å²) in [6, 6.07) is 9.64. The van der Waals surface area contributed by atoms with Crippen LogP contribution in [-0.2, 0) is 21.2 Å². The average Bonchev–Trinajstić information content (AvgIpc) is 3.08. The lowest BCUT2D eigenvalue weighted by Crippen LogP contribution is -2.40. The number of rotatable bonds is 4. The van der Waals surface area contributed by atoms with Gasteiger partial charge >= 0.3 is 5.97 Å². The first-order valence-electron chi connectivity index (χ1n) is 9.61. The number of nitrogens with zero attached hydrogens (tertiary/aromatic N) is 1. The summed E-state index contributed by atoms with van der Waals surface area (Å²) >= 11 is 0. The number of methoxy groups -OCH3 is 1. The van der Waals surface area contributed by atoms with Gasteiger partial charge in [-0.15, -0.1) is 0 Å². The van der Waals surface area contributed by atoms with Crippen molar-refractivity contribution < 1.29 is 22.7 Å². The normalized spacial score (nSPS) is 13.8. The zero-order chi connectivity index (χ0) is 22.3. The Labute approximate surface area is 177 Å². The average molecular weight is 431 g/mol. The van der Waals surface area contributed by atoms with Crippen LogP contribution in [0.2, 0.25) is 0 Å². The number of benzene rings is 2. The first-order chi connectivity index (χ1) is 13.9. The predicted octanol–water partition coefficient (Wildman–Crippen LogP) is 3.06. The third-order valence-corrected chi connectivity index (χ3v) is 6.59. The van der Waals surface area contributed by atoms with Gasteiger partial charge in [0.15, 0.2) is 0 Å². The van der Waals surface area contributed by atoms with Crippen LogP contribution >= 0.6 is 0 Å². The van der Waals surface area contributed by atoms with Crippen LogP contribution in [0.4, 0.5) is 5.69 Å². The molecule has 3 rings (SSSR count). The summed E-state index contributed by atoms with van der Waals surface area (Å²) in [6.45, 7) is 7.51. The monoisotopic (exact) mass is 430 g/mol. The molecule has 0 spiro atoms. The van der Waals surface area contributed by atoms with E-state index >= 15 is 0 Å². The van der Waals surface area contributed by atoms with Crippen molar-refractivity contribution >= 4 is 27.6 Å². The minimum Gasteiger partial charge on any atom is -0.465 e. The van der Waals surface area contributed by atoms with Crippen molar-refractivity contribution in [1.82, 2.24) is 4.72 Å². The van der Waals surface area contributed by atoms with Crippen molar-refractivity contribution in [2.45, 2.75) is 44.6 Å². The molecule has 8 heteroatoms. The molecule has 0 fully saturated rings. The third kappa shape index (κ3) is 4.39. The lowest BCUT2D eigenvalue weighted by atomic mass is 10.1. The first-order valence-corrected chi connectivity index (χ1v) is 11.1. The largest absolute Gasteiger partial charge is 0.465 e. The Balaban J connectivity index is 1.95. The molecule has 2 aromatic carbocycles. The molecule has 7 nitrogen and oxygen atoms in total. The van der Waals surface area contributed by atoms with Gasteiger partial charge in [0.2, 0.25) is 10.0 Å². The van der Waals surface area contributed by atoms with Crippen molar-refractivity contribution in [2.24, 2.45) is 0 Å². The van der Waals surface area contributed by atoms with E-state index in [9.17, 15) is 18.0 Å². The van der Waals surface area contributed by atoms with Gasteiger partial charge in [-0.2, -0.15) is 0 Å². The topological polar surface area (TPSA) is 92.8 Å². The van der Waals surface area contributed by atoms with Crippen molar-refractivity contribution in [3.63, 3.8) is 0 Å². The molecule has 0 radical (unpaired) electrons. The van der Waals surface area contributed by atoms with Crippen molar-refractivity contribution in [2.75, 3.05) is 18.6 Å². The predicted molar refractivity (Wildman–Crippen MR) is 114 cm³/mol. The number of fused-ring (bicyclic) bond motifs is 1. The molecule has 0 aliphatic carbocycles. The SMILES string of the molecule is COC(=O)c1ccc2c(c1)CCN2C(=O)c1cc(S(=O)(=O)NC(C)(C)C)ccc1C. The van der Waals surface area contributed by atoms with Crippen LogP contribution in [0, 0.1) is 6.92 Å². The Morgan fingerprint density at radius 2 is 1.80 bits per heavy atom. The van der Waals surface area contributed by atoms with Gasteiger partial charge in [-0.1, -0.05) is 6.07 Å². The molecular weight excluding hydrogens is 404 g/mol. The summed E-state index contributed by atoms with van der Waals surface area (Å²) in [7, 11) is -2.44. The van der Waals surface area contributed by atoms with Crippen molar-refractivity contribution in [3.8, 4) is 0 Å². The van der Waals surface area contributed by atoms with Gasteiger partial charge < -0.3 is 9.64 Å². The van der Waals surface area contributed by atoms with E-state index in [0.29, 0.717) is 35.3 Å². The number of carbonyl (C=O) groups is 2. The smallest absolute Gasteiger partial charge is 0.337 e. The van der Waals surface area contributed by atoms with Crippen molar-refractivity contribution in [1.29, 1.82) is 0 Å². The second kappa shape index (κ2) is 7.85. The van der Waals surface area contributed by atoms with E-state index in [0.717, 1.165) is 5.56 Å². The van der Waals surface area contributed by atoms with Gasteiger partial charge in [-0.3, -0.25) is 4.79 Å². The van der Waals surface area contributed by atoms with Gasteiger partial charge in [0, 0.05) is 23.3 Å². The standard InChI is InChI=1S/C22H26N2O5S/c1-14-6-8-17(30(27,28)23-22(2,3)4)13-18(14)20(25)24-11-10-15-12-16(21(26)29-5)7-9-19(15)24/h6-9,12-13,23H,10-11H2,1-5H3. The number of hydrogen-bond donors (Lipinski definition) is 1. The molecule has 0 unspecified atom stereocenters. The highest BCUT2D eigenvalue weighted by atomic mass is 32.2. The number of esters is 1. The van der Waals surface area contributed by atoms with Gasteiger partial charge in [0.1, 0.15) is 0 Å². The summed E-state index contributed by atoms with van der Waals surface area (Å²) in [5, 5.41) is 0.